The highest BCUT2D eigenvalue weighted by Gasteiger charge is 2.23. The molecule has 5 nitrogen and oxygen atoms in total. The fourth-order valence-electron chi connectivity index (χ4n) is 2.50. The Morgan fingerprint density at radius 1 is 1.20 bits per heavy atom. The number of nitrogens with one attached hydrogen (secondary N) is 2. The Balaban J connectivity index is 2.04. The molecule has 0 fully saturated rings. The maximum atomic E-state index is 12.6. The summed E-state index contributed by atoms with van der Waals surface area (Å²) in [5, 5.41) is 3.44. The van der Waals surface area contributed by atoms with E-state index in [2.05, 4.69) is 5.32 Å². The van der Waals surface area contributed by atoms with E-state index < -0.39 is 0 Å². The first kappa shape index (κ1) is 19.1. The van der Waals surface area contributed by atoms with Crippen LogP contribution in [0.3, 0.4) is 0 Å². The number of ether oxygens (including phenoxy) is 2. The minimum Gasteiger partial charge on any atom is -0.497 e. The van der Waals surface area contributed by atoms with Gasteiger partial charge in [-0.25, -0.2) is 0 Å². The molecule has 0 spiro atoms. The summed E-state index contributed by atoms with van der Waals surface area (Å²) in [6.45, 7) is 2.60. The van der Waals surface area contributed by atoms with Crippen molar-refractivity contribution in [3.63, 3.8) is 0 Å². The zero-order valence-electron chi connectivity index (χ0n) is 14.9. The summed E-state index contributed by atoms with van der Waals surface area (Å²) in [4.78, 5) is 13.7. The van der Waals surface area contributed by atoms with E-state index >= 15 is 0 Å². The van der Waals surface area contributed by atoms with E-state index in [0.29, 0.717) is 23.0 Å². The van der Waals surface area contributed by atoms with Gasteiger partial charge in [-0.05, 0) is 37.3 Å². The standard InChI is InChI=1S/C19H23ClN2O3/c1-13(22(2)12-14-6-5-7-16(10-14)24-3)19(23)21-17-11-15(20)8-9-18(17)25-4/h5-11,13H,12H2,1-4H3,(H,21,23)/p+1/t13-/m0/s1. The van der Waals surface area contributed by atoms with E-state index in [4.69, 9.17) is 21.1 Å². The molecule has 0 radical (unpaired) electrons. The second kappa shape index (κ2) is 8.74. The zero-order valence-corrected chi connectivity index (χ0v) is 15.7. The predicted molar refractivity (Wildman–Crippen MR) is 99.7 cm³/mol. The van der Waals surface area contributed by atoms with Crippen LogP contribution in [0.1, 0.15) is 12.5 Å². The highest BCUT2D eigenvalue weighted by Crippen LogP contribution is 2.27. The molecule has 0 aromatic heterocycles. The fourth-order valence-corrected chi connectivity index (χ4v) is 2.67. The van der Waals surface area contributed by atoms with Crippen LogP contribution in [-0.2, 0) is 11.3 Å². The number of likely N-dealkylation sites (N-methyl/N-ethyl adjacent to an activating group) is 1. The Labute approximate surface area is 153 Å². The molecule has 0 aliphatic heterocycles. The van der Waals surface area contributed by atoms with E-state index in [1.165, 1.54) is 0 Å². The van der Waals surface area contributed by atoms with E-state index in [0.717, 1.165) is 16.2 Å². The molecular weight excluding hydrogens is 340 g/mol. The van der Waals surface area contributed by atoms with Crippen LogP contribution < -0.4 is 19.7 Å². The van der Waals surface area contributed by atoms with Crippen LogP contribution in [0.15, 0.2) is 42.5 Å². The molecular formula is C19H24ClN2O3+. The van der Waals surface area contributed by atoms with E-state index in [-0.39, 0.29) is 11.9 Å². The number of anilines is 1. The largest absolute Gasteiger partial charge is 0.497 e. The second-order valence-corrected chi connectivity index (χ2v) is 6.37. The van der Waals surface area contributed by atoms with Gasteiger partial charge in [-0.2, -0.15) is 0 Å². The van der Waals surface area contributed by atoms with Gasteiger partial charge in [0.25, 0.3) is 5.91 Å². The lowest BCUT2D eigenvalue weighted by atomic mass is 10.1. The molecule has 25 heavy (non-hydrogen) atoms. The van der Waals surface area contributed by atoms with Crippen molar-refractivity contribution in [2.24, 2.45) is 0 Å². The van der Waals surface area contributed by atoms with E-state index in [9.17, 15) is 4.79 Å². The highest BCUT2D eigenvalue weighted by molar-refractivity contribution is 6.31. The van der Waals surface area contributed by atoms with Gasteiger partial charge in [-0.1, -0.05) is 23.7 Å². The van der Waals surface area contributed by atoms with Crippen LogP contribution in [0.4, 0.5) is 5.69 Å². The Kier molecular flexibility index (Phi) is 6.67. The zero-order chi connectivity index (χ0) is 18.4. The Morgan fingerprint density at radius 2 is 1.96 bits per heavy atom. The lowest BCUT2D eigenvalue weighted by molar-refractivity contribution is -0.907. The van der Waals surface area contributed by atoms with Gasteiger partial charge in [0.2, 0.25) is 0 Å². The number of halogens is 1. The number of carbonyl (C=O) groups excluding carboxylic acids is 1. The maximum absolute atomic E-state index is 12.6. The van der Waals surface area contributed by atoms with Crippen molar-refractivity contribution in [3.8, 4) is 11.5 Å². The van der Waals surface area contributed by atoms with Crippen LogP contribution in [0.5, 0.6) is 11.5 Å². The quantitative estimate of drug-likeness (QED) is 0.794. The summed E-state index contributed by atoms with van der Waals surface area (Å²) < 4.78 is 10.5. The number of amides is 1. The van der Waals surface area contributed by atoms with Crippen molar-refractivity contribution in [3.05, 3.63) is 53.1 Å². The summed E-state index contributed by atoms with van der Waals surface area (Å²) in [5.74, 6) is 1.29. The molecule has 134 valence electrons. The summed E-state index contributed by atoms with van der Waals surface area (Å²) in [6.07, 6.45) is 0. The highest BCUT2D eigenvalue weighted by atomic mass is 35.5. The van der Waals surface area contributed by atoms with Gasteiger partial charge in [-0.3, -0.25) is 4.79 Å². The lowest BCUT2D eigenvalue weighted by Gasteiger charge is -2.22. The van der Waals surface area contributed by atoms with Gasteiger partial charge in [-0.15, -0.1) is 0 Å². The van der Waals surface area contributed by atoms with Gasteiger partial charge in [0.15, 0.2) is 6.04 Å². The van der Waals surface area contributed by atoms with Crippen molar-refractivity contribution in [1.29, 1.82) is 0 Å². The van der Waals surface area contributed by atoms with Gasteiger partial charge >= 0.3 is 0 Å². The molecule has 2 N–H and O–H groups in total. The van der Waals surface area contributed by atoms with Gasteiger partial charge in [0.1, 0.15) is 18.0 Å². The number of methoxy groups -OCH3 is 2. The minimum absolute atomic E-state index is 0.0963. The summed E-state index contributed by atoms with van der Waals surface area (Å²) in [5.41, 5.74) is 1.68. The van der Waals surface area contributed by atoms with Crippen LogP contribution in [0.2, 0.25) is 5.02 Å². The molecule has 2 aromatic carbocycles. The number of carbonyl (C=O) groups is 1. The molecule has 6 heteroatoms. The van der Waals surface area contributed by atoms with Crippen molar-refractivity contribution in [1.82, 2.24) is 0 Å². The molecule has 1 unspecified atom stereocenters. The van der Waals surface area contributed by atoms with Crippen LogP contribution in [0.25, 0.3) is 0 Å². The topological polar surface area (TPSA) is 52.0 Å². The Bertz CT molecular complexity index is 736. The van der Waals surface area contributed by atoms with Crippen LogP contribution in [-0.4, -0.2) is 33.2 Å². The molecule has 2 aromatic rings. The lowest BCUT2D eigenvalue weighted by Crippen LogP contribution is -3.12. The summed E-state index contributed by atoms with van der Waals surface area (Å²) in [7, 11) is 5.19. The molecule has 0 aliphatic carbocycles. The molecule has 2 rings (SSSR count). The second-order valence-electron chi connectivity index (χ2n) is 5.93. The number of rotatable bonds is 7. The number of hydrogen-bond donors (Lipinski definition) is 2. The third kappa shape index (κ3) is 5.11. The van der Waals surface area contributed by atoms with Crippen LogP contribution >= 0.6 is 11.6 Å². The Hall–Kier alpha value is -2.24. The van der Waals surface area contributed by atoms with Crippen molar-refractivity contribution in [2.45, 2.75) is 19.5 Å². The molecule has 0 aliphatic rings. The Morgan fingerprint density at radius 3 is 2.64 bits per heavy atom. The molecule has 2 atom stereocenters. The van der Waals surface area contributed by atoms with Crippen molar-refractivity contribution < 1.29 is 19.2 Å². The van der Waals surface area contributed by atoms with Gasteiger partial charge < -0.3 is 19.7 Å². The first-order chi connectivity index (χ1) is 11.9. The number of quaternary nitrogens is 1. The fraction of sp³-hybridized carbons (Fsp3) is 0.316. The molecule has 0 bridgehead atoms. The molecule has 0 saturated carbocycles. The van der Waals surface area contributed by atoms with Gasteiger partial charge in [0.05, 0.1) is 27.0 Å². The number of benzene rings is 2. The van der Waals surface area contributed by atoms with Gasteiger partial charge in [0, 0.05) is 10.6 Å². The summed E-state index contributed by atoms with van der Waals surface area (Å²) >= 11 is 6.01. The average molecular weight is 364 g/mol. The third-order valence-corrected chi connectivity index (χ3v) is 4.40. The predicted octanol–water partition coefficient (Wildman–Crippen LogP) is 2.40. The first-order valence-electron chi connectivity index (χ1n) is 8.04. The first-order valence-corrected chi connectivity index (χ1v) is 8.42. The normalized spacial score (nSPS) is 13.0. The SMILES string of the molecule is COc1cccc(C[NH+](C)[C@@H](C)C(=O)Nc2cc(Cl)ccc2OC)c1. The average Bonchev–Trinajstić information content (AvgIpc) is 2.61. The molecule has 0 heterocycles. The van der Waals surface area contributed by atoms with Crippen molar-refractivity contribution in [2.75, 3.05) is 26.6 Å². The van der Waals surface area contributed by atoms with E-state index in [1.807, 2.05) is 38.2 Å². The smallest absolute Gasteiger partial charge is 0.282 e. The number of hydrogen-bond acceptors (Lipinski definition) is 3. The van der Waals surface area contributed by atoms with Crippen LogP contribution in [0, 0.1) is 0 Å². The minimum atomic E-state index is -0.255. The van der Waals surface area contributed by atoms with E-state index in [1.54, 1.807) is 32.4 Å². The van der Waals surface area contributed by atoms with Crippen molar-refractivity contribution >= 4 is 23.2 Å². The maximum Gasteiger partial charge on any atom is 0.282 e. The monoisotopic (exact) mass is 363 g/mol. The molecule has 0 saturated heterocycles. The summed E-state index contributed by atoms with van der Waals surface area (Å²) in [6, 6.07) is 12.7. The third-order valence-electron chi connectivity index (χ3n) is 4.17. The molecule has 1 amide bonds.